The first kappa shape index (κ1) is 22.5. The van der Waals surface area contributed by atoms with Crippen LogP contribution in [0.4, 0.5) is 0 Å². The number of rotatable bonds is 6. The maximum Gasteiger partial charge on any atom is 0.328 e. The van der Waals surface area contributed by atoms with E-state index in [0.29, 0.717) is 13.0 Å². The van der Waals surface area contributed by atoms with Crippen LogP contribution in [0.15, 0.2) is 82.5 Å². The minimum atomic E-state index is -2.67. The molecular weight excluding hydrogens is 420 g/mol. The van der Waals surface area contributed by atoms with Gasteiger partial charge in [-0.25, -0.2) is 4.79 Å². The fraction of sp³-hybridized carbons (Fsp3) is 0.360. The highest BCUT2D eigenvalue weighted by Crippen LogP contribution is 2.41. The summed E-state index contributed by atoms with van der Waals surface area (Å²) in [6.07, 6.45) is 1.36. The monoisotopic (exact) mass is 450 g/mol. The summed E-state index contributed by atoms with van der Waals surface area (Å²) in [5.41, 5.74) is -0.931. The van der Waals surface area contributed by atoms with Gasteiger partial charge in [-0.3, -0.25) is 14.3 Å². The van der Waals surface area contributed by atoms with E-state index in [1.54, 1.807) is 0 Å². The molecule has 6 nitrogen and oxygen atoms in total. The second-order valence-electron chi connectivity index (χ2n) is 9.55. The lowest BCUT2D eigenvalue weighted by Gasteiger charge is -2.47. The summed E-state index contributed by atoms with van der Waals surface area (Å²) >= 11 is 0. The number of aromatic amines is 1. The molecule has 1 aliphatic rings. The van der Waals surface area contributed by atoms with Gasteiger partial charge in [-0.1, -0.05) is 81.4 Å². The molecule has 0 aliphatic heterocycles. The second-order valence-corrected chi connectivity index (χ2v) is 13.9. The summed E-state index contributed by atoms with van der Waals surface area (Å²) in [4.78, 5) is 25.7. The summed E-state index contributed by atoms with van der Waals surface area (Å²) in [5.74, 6) is -0.0829. The van der Waals surface area contributed by atoms with E-state index in [9.17, 15) is 14.7 Å². The average Bonchev–Trinajstić information content (AvgIpc) is 2.77. The standard InChI is InChI=1S/C25H30N2O4Si/c1-25(2,3)32(19-10-6-4-7-11-19,20-12-8-5-9-13-20)31-17-18-16-21(23(18)29)27-15-14-22(28)26-24(27)30/h4-15,18,21,23,29H,16-17H2,1-3H3,(H,26,28,30)/t18-,21-,23-/m1/s1. The van der Waals surface area contributed by atoms with Crippen LogP contribution in [0, 0.1) is 5.92 Å². The van der Waals surface area contributed by atoms with Crippen LogP contribution in [0.2, 0.25) is 5.04 Å². The zero-order chi connectivity index (χ0) is 22.9. The van der Waals surface area contributed by atoms with Gasteiger partial charge in [0.05, 0.1) is 12.1 Å². The molecule has 0 amide bonds. The van der Waals surface area contributed by atoms with E-state index in [2.05, 4.69) is 50.0 Å². The van der Waals surface area contributed by atoms with E-state index >= 15 is 0 Å². The van der Waals surface area contributed by atoms with Crippen molar-refractivity contribution in [3.8, 4) is 0 Å². The Morgan fingerprint density at radius 2 is 1.56 bits per heavy atom. The van der Waals surface area contributed by atoms with E-state index in [1.807, 2.05) is 36.4 Å². The lowest BCUT2D eigenvalue weighted by Crippen LogP contribution is -2.67. The van der Waals surface area contributed by atoms with Crippen LogP contribution in [-0.4, -0.2) is 35.7 Å². The van der Waals surface area contributed by atoms with Crippen molar-refractivity contribution in [3.63, 3.8) is 0 Å². The fourth-order valence-electron chi connectivity index (χ4n) is 4.83. The Kier molecular flexibility index (Phi) is 6.07. The molecule has 1 fully saturated rings. The molecule has 0 unspecified atom stereocenters. The number of hydrogen-bond acceptors (Lipinski definition) is 4. The molecule has 1 heterocycles. The van der Waals surface area contributed by atoms with E-state index in [-0.39, 0.29) is 17.0 Å². The predicted octanol–water partition coefficient (Wildman–Crippen LogP) is 2.04. The van der Waals surface area contributed by atoms with Crippen LogP contribution < -0.4 is 21.6 Å². The third-order valence-electron chi connectivity index (χ3n) is 6.56. The normalized spacial score (nSPS) is 21.2. The van der Waals surface area contributed by atoms with Gasteiger partial charge < -0.3 is 9.53 Å². The predicted molar refractivity (Wildman–Crippen MR) is 128 cm³/mol. The van der Waals surface area contributed by atoms with Crippen LogP contribution in [0.1, 0.15) is 33.2 Å². The van der Waals surface area contributed by atoms with Crippen molar-refractivity contribution in [1.29, 1.82) is 0 Å². The van der Waals surface area contributed by atoms with Gasteiger partial charge in [0.25, 0.3) is 13.9 Å². The molecular formula is C25H30N2O4Si. The molecule has 2 aromatic carbocycles. The van der Waals surface area contributed by atoms with E-state index < -0.39 is 25.7 Å². The van der Waals surface area contributed by atoms with Gasteiger partial charge >= 0.3 is 5.69 Å². The topological polar surface area (TPSA) is 84.3 Å². The van der Waals surface area contributed by atoms with Gasteiger partial charge in [0.15, 0.2) is 0 Å². The summed E-state index contributed by atoms with van der Waals surface area (Å²) < 4.78 is 8.32. The molecule has 168 valence electrons. The summed E-state index contributed by atoms with van der Waals surface area (Å²) in [5, 5.41) is 13.1. The minimum Gasteiger partial charge on any atom is -0.407 e. The maximum atomic E-state index is 12.1. The third-order valence-corrected chi connectivity index (χ3v) is 11.6. The van der Waals surface area contributed by atoms with Crippen molar-refractivity contribution >= 4 is 18.7 Å². The largest absolute Gasteiger partial charge is 0.407 e. The summed E-state index contributed by atoms with van der Waals surface area (Å²) in [7, 11) is -2.67. The first-order valence-electron chi connectivity index (χ1n) is 11.0. The van der Waals surface area contributed by atoms with Crippen molar-refractivity contribution in [3.05, 3.63) is 93.8 Å². The Bertz CT molecular complexity index is 1130. The van der Waals surface area contributed by atoms with Gasteiger partial charge in [0.2, 0.25) is 0 Å². The van der Waals surface area contributed by atoms with Crippen LogP contribution in [0.25, 0.3) is 0 Å². The first-order valence-corrected chi connectivity index (χ1v) is 12.9. The van der Waals surface area contributed by atoms with E-state index in [4.69, 9.17) is 4.43 Å². The van der Waals surface area contributed by atoms with Crippen LogP contribution in [0.3, 0.4) is 0 Å². The number of aliphatic hydroxyl groups excluding tert-OH is 1. The van der Waals surface area contributed by atoms with Crippen molar-refractivity contribution in [2.24, 2.45) is 5.92 Å². The Labute approximate surface area is 188 Å². The highest BCUT2D eigenvalue weighted by molar-refractivity contribution is 6.99. The Hall–Kier alpha value is -2.74. The number of aliphatic hydroxyl groups is 1. The number of nitrogens with one attached hydrogen (secondary N) is 1. The SMILES string of the molecule is CC(C)(C)[Si](OC[C@H]1C[C@@H](n2ccc(=O)[nH]c2=O)[C@@H]1O)(c1ccccc1)c1ccccc1. The Morgan fingerprint density at radius 3 is 2.03 bits per heavy atom. The minimum absolute atomic E-state index is 0.0829. The molecule has 0 spiro atoms. The summed E-state index contributed by atoms with van der Waals surface area (Å²) in [6.45, 7) is 7.07. The molecule has 0 radical (unpaired) electrons. The molecule has 4 rings (SSSR count). The first-order chi connectivity index (χ1) is 15.2. The molecule has 0 bridgehead atoms. The lowest BCUT2D eigenvalue weighted by atomic mass is 9.77. The molecule has 1 aliphatic carbocycles. The van der Waals surface area contributed by atoms with E-state index in [1.165, 1.54) is 27.2 Å². The molecule has 2 N–H and O–H groups in total. The molecule has 32 heavy (non-hydrogen) atoms. The van der Waals surface area contributed by atoms with Crippen molar-refractivity contribution < 1.29 is 9.53 Å². The zero-order valence-electron chi connectivity index (χ0n) is 18.7. The highest BCUT2D eigenvalue weighted by atomic mass is 28.4. The van der Waals surface area contributed by atoms with Crippen molar-refractivity contribution in [2.75, 3.05) is 6.61 Å². The van der Waals surface area contributed by atoms with Crippen LogP contribution in [-0.2, 0) is 4.43 Å². The van der Waals surface area contributed by atoms with E-state index in [0.717, 1.165) is 0 Å². The van der Waals surface area contributed by atoms with Crippen molar-refractivity contribution in [2.45, 2.75) is 44.4 Å². The number of H-pyrrole nitrogens is 1. The fourth-order valence-corrected chi connectivity index (χ4v) is 9.45. The number of hydrogen-bond donors (Lipinski definition) is 2. The Balaban J connectivity index is 1.62. The maximum absolute atomic E-state index is 12.1. The number of nitrogens with zero attached hydrogens (tertiary/aromatic N) is 1. The molecule has 1 saturated carbocycles. The second kappa shape index (κ2) is 8.65. The van der Waals surface area contributed by atoms with Gasteiger partial charge in [-0.15, -0.1) is 0 Å². The lowest BCUT2D eigenvalue weighted by molar-refractivity contribution is -0.0550. The molecule has 3 aromatic rings. The molecule has 3 atom stereocenters. The Morgan fingerprint density at radius 1 is 1.00 bits per heavy atom. The van der Waals surface area contributed by atoms with Crippen LogP contribution >= 0.6 is 0 Å². The quantitative estimate of drug-likeness (QED) is 0.563. The van der Waals surface area contributed by atoms with Gasteiger partial charge in [-0.2, -0.15) is 0 Å². The smallest absolute Gasteiger partial charge is 0.328 e. The van der Waals surface area contributed by atoms with Crippen LogP contribution in [0.5, 0.6) is 0 Å². The molecule has 0 saturated heterocycles. The average molecular weight is 451 g/mol. The molecule has 1 aromatic heterocycles. The third kappa shape index (κ3) is 3.92. The van der Waals surface area contributed by atoms with Gasteiger partial charge in [0, 0.05) is 24.8 Å². The summed E-state index contributed by atoms with van der Waals surface area (Å²) in [6, 6.07) is 21.7. The van der Waals surface area contributed by atoms with Gasteiger partial charge in [0.1, 0.15) is 0 Å². The van der Waals surface area contributed by atoms with Gasteiger partial charge in [-0.05, 0) is 21.8 Å². The zero-order valence-corrected chi connectivity index (χ0v) is 19.7. The number of aromatic nitrogens is 2. The highest BCUT2D eigenvalue weighted by Gasteiger charge is 2.52. The molecule has 7 heteroatoms. The van der Waals surface area contributed by atoms with Crippen molar-refractivity contribution in [1.82, 2.24) is 9.55 Å². The number of benzene rings is 2.